The number of halogens is 2. The third-order valence-corrected chi connectivity index (χ3v) is 5.46. The van der Waals surface area contributed by atoms with E-state index in [0.29, 0.717) is 19.3 Å². The van der Waals surface area contributed by atoms with Crippen molar-refractivity contribution in [2.24, 2.45) is 0 Å². The highest BCUT2D eigenvalue weighted by Gasteiger charge is 2.23. The summed E-state index contributed by atoms with van der Waals surface area (Å²) < 4.78 is 2.56. The lowest BCUT2D eigenvalue weighted by Crippen LogP contribution is -2.17. The average Bonchev–Trinajstić information content (AvgIpc) is 2.93. The summed E-state index contributed by atoms with van der Waals surface area (Å²) in [5.74, 6) is -0.153. The summed E-state index contributed by atoms with van der Waals surface area (Å²) >= 11 is 18.4. The van der Waals surface area contributed by atoms with Gasteiger partial charge in [0.2, 0.25) is 0 Å². The molecule has 0 bridgehead atoms. The second kappa shape index (κ2) is 6.32. The minimum Gasteiger partial charge on any atom is -0.318 e. The van der Waals surface area contributed by atoms with Crippen molar-refractivity contribution in [1.29, 1.82) is 0 Å². The molecule has 0 atom stereocenters. The third-order valence-electron chi connectivity index (χ3n) is 3.56. The first-order valence-electron chi connectivity index (χ1n) is 6.76. The van der Waals surface area contributed by atoms with Crippen molar-refractivity contribution in [2.75, 3.05) is 0 Å². The van der Waals surface area contributed by atoms with Gasteiger partial charge in [-0.15, -0.1) is 0 Å². The molecule has 0 radical (unpaired) electrons. The Bertz CT molecular complexity index is 871. The van der Waals surface area contributed by atoms with Gasteiger partial charge in [-0.1, -0.05) is 47.2 Å². The van der Waals surface area contributed by atoms with Crippen molar-refractivity contribution in [2.45, 2.75) is 13.8 Å². The normalized spacial score (nSPS) is 16.3. The van der Waals surface area contributed by atoms with Crippen LogP contribution >= 0.6 is 47.2 Å². The van der Waals surface area contributed by atoms with Crippen LogP contribution in [0.5, 0.6) is 0 Å². The fourth-order valence-electron chi connectivity index (χ4n) is 2.52. The predicted molar refractivity (Wildman–Crippen MR) is 102 cm³/mol. The Kier molecular flexibility index (Phi) is 4.56. The maximum absolute atomic E-state index is 11.8. The summed E-state index contributed by atoms with van der Waals surface area (Å²) in [5.41, 5.74) is 3.95. The van der Waals surface area contributed by atoms with Crippen LogP contribution in [0.3, 0.4) is 0 Å². The Morgan fingerprint density at radius 2 is 1.96 bits per heavy atom. The molecule has 0 saturated carbocycles. The van der Waals surface area contributed by atoms with Crippen molar-refractivity contribution < 1.29 is 4.79 Å². The van der Waals surface area contributed by atoms with Crippen molar-refractivity contribution in [3.63, 3.8) is 0 Å². The van der Waals surface area contributed by atoms with Gasteiger partial charge in [0, 0.05) is 17.1 Å². The molecule has 1 amide bonds. The van der Waals surface area contributed by atoms with E-state index in [1.54, 1.807) is 6.07 Å². The third kappa shape index (κ3) is 3.19. The van der Waals surface area contributed by atoms with Gasteiger partial charge in [-0.2, -0.15) is 0 Å². The summed E-state index contributed by atoms with van der Waals surface area (Å²) in [6.45, 7) is 4.00. The number of carbonyl (C=O) groups is 1. The second-order valence-electron chi connectivity index (χ2n) is 5.11. The van der Waals surface area contributed by atoms with Gasteiger partial charge in [-0.3, -0.25) is 4.79 Å². The number of amides is 1. The van der Waals surface area contributed by atoms with Crippen LogP contribution < -0.4 is 5.32 Å². The van der Waals surface area contributed by atoms with Crippen LogP contribution in [0.1, 0.15) is 17.0 Å². The van der Waals surface area contributed by atoms with Gasteiger partial charge in [0.25, 0.3) is 5.91 Å². The molecular formula is C16H12Cl2N2OS2. The maximum atomic E-state index is 11.8. The van der Waals surface area contributed by atoms with E-state index in [0.717, 1.165) is 22.6 Å². The fourth-order valence-corrected chi connectivity index (χ4v) is 3.84. The zero-order valence-corrected chi connectivity index (χ0v) is 15.5. The van der Waals surface area contributed by atoms with Crippen molar-refractivity contribution >= 4 is 63.5 Å². The molecule has 7 heteroatoms. The minimum atomic E-state index is -0.153. The van der Waals surface area contributed by atoms with Crippen molar-refractivity contribution in [1.82, 2.24) is 9.88 Å². The SMILES string of the molecule is Cc1cc(/C=C2/SC(=S)NC2=O)c(C)n1-c1ccc(Cl)c(Cl)c1. The number of hydrogen-bond acceptors (Lipinski definition) is 3. The standard InChI is InChI=1S/C16H12Cl2N2OS2/c1-8-5-10(6-14-15(21)19-16(22)23-14)9(2)20(8)11-3-4-12(17)13(18)7-11/h3-7H,1-2H3,(H,19,21,22)/b14-6+. The number of thioether (sulfide) groups is 1. The van der Waals surface area contributed by atoms with Gasteiger partial charge in [-0.25, -0.2) is 0 Å². The molecule has 1 fully saturated rings. The van der Waals surface area contributed by atoms with Crippen molar-refractivity contribution in [3.05, 3.63) is 56.2 Å². The number of carbonyl (C=O) groups excluding carboxylic acids is 1. The minimum absolute atomic E-state index is 0.153. The molecule has 0 unspecified atom stereocenters. The number of aryl methyl sites for hydroxylation is 1. The lowest BCUT2D eigenvalue weighted by molar-refractivity contribution is -0.115. The summed E-state index contributed by atoms with van der Waals surface area (Å²) in [5, 5.41) is 3.65. The van der Waals surface area contributed by atoms with Gasteiger partial charge in [-0.05, 0) is 49.8 Å². The maximum Gasteiger partial charge on any atom is 0.263 e. The first-order chi connectivity index (χ1) is 10.9. The molecule has 0 aliphatic carbocycles. The Balaban J connectivity index is 2.06. The summed E-state index contributed by atoms with van der Waals surface area (Å²) in [7, 11) is 0. The van der Waals surface area contributed by atoms with E-state index >= 15 is 0 Å². The molecule has 2 aromatic rings. The molecule has 1 N–H and O–H groups in total. The van der Waals surface area contributed by atoms with Gasteiger partial charge in [0.15, 0.2) is 0 Å². The zero-order valence-electron chi connectivity index (χ0n) is 12.3. The number of rotatable bonds is 2. The average molecular weight is 383 g/mol. The number of nitrogens with zero attached hydrogens (tertiary/aromatic N) is 1. The van der Waals surface area contributed by atoms with Crippen LogP contribution in [0.2, 0.25) is 10.0 Å². The molecule has 2 heterocycles. The van der Waals surface area contributed by atoms with Crippen LogP contribution in [-0.2, 0) is 4.79 Å². The molecule has 3 nitrogen and oxygen atoms in total. The van der Waals surface area contributed by atoms with E-state index in [9.17, 15) is 4.79 Å². The van der Waals surface area contributed by atoms with E-state index < -0.39 is 0 Å². The van der Waals surface area contributed by atoms with Crippen molar-refractivity contribution in [3.8, 4) is 5.69 Å². The van der Waals surface area contributed by atoms with Gasteiger partial charge < -0.3 is 9.88 Å². The monoisotopic (exact) mass is 382 g/mol. The molecule has 1 aromatic heterocycles. The Labute approximate surface area is 153 Å². The van der Waals surface area contributed by atoms with Gasteiger partial charge in [0.1, 0.15) is 4.32 Å². The van der Waals surface area contributed by atoms with Gasteiger partial charge >= 0.3 is 0 Å². The van der Waals surface area contributed by atoms with Crippen LogP contribution in [0, 0.1) is 13.8 Å². The number of nitrogens with one attached hydrogen (secondary N) is 1. The quantitative estimate of drug-likeness (QED) is 0.592. The van der Waals surface area contributed by atoms with E-state index in [1.807, 2.05) is 38.1 Å². The largest absolute Gasteiger partial charge is 0.318 e. The summed E-state index contributed by atoms with van der Waals surface area (Å²) in [6.07, 6.45) is 1.86. The van der Waals surface area contributed by atoms with E-state index in [1.165, 1.54) is 11.8 Å². The van der Waals surface area contributed by atoms with E-state index in [-0.39, 0.29) is 5.91 Å². The number of aromatic nitrogens is 1. The Morgan fingerprint density at radius 3 is 2.57 bits per heavy atom. The summed E-state index contributed by atoms with van der Waals surface area (Å²) in [4.78, 5) is 12.4. The molecular weight excluding hydrogens is 371 g/mol. The van der Waals surface area contributed by atoms with E-state index in [2.05, 4.69) is 9.88 Å². The smallest absolute Gasteiger partial charge is 0.263 e. The van der Waals surface area contributed by atoms with E-state index in [4.69, 9.17) is 35.4 Å². The molecule has 1 aliphatic heterocycles. The highest BCUT2D eigenvalue weighted by molar-refractivity contribution is 8.26. The first-order valence-corrected chi connectivity index (χ1v) is 8.74. The highest BCUT2D eigenvalue weighted by atomic mass is 35.5. The zero-order chi connectivity index (χ0) is 16.7. The fraction of sp³-hybridized carbons (Fsp3) is 0.125. The van der Waals surface area contributed by atoms with Crippen LogP contribution in [0.25, 0.3) is 11.8 Å². The molecule has 1 aliphatic rings. The molecule has 3 rings (SSSR count). The Morgan fingerprint density at radius 1 is 1.22 bits per heavy atom. The molecule has 0 spiro atoms. The topological polar surface area (TPSA) is 34.0 Å². The van der Waals surface area contributed by atoms with Crippen LogP contribution in [-0.4, -0.2) is 14.8 Å². The number of thiocarbonyl (C=S) groups is 1. The lowest BCUT2D eigenvalue weighted by atomic mass is 10.2. The lowest BCUT2D eigenvalue weighted by Gasteiger charge is -2.10. The second-order valence-corrected chi connectivity index (χ2v) is 7.65. The van der Waals surface area contributed by atoms with Gasteiger partial charge in [0.05, 0.1) is 15.0 Å². The number of benzene rings is 1. The molecule has 1 aromatic carbocycles. The first kappa shape index (κ1) is 16.6. The molecule has 1 saturated heterocycles. The van der Waals surface area contributed by atoms with Crippen LogP contribution in [0.15, 0.2) is 29.2 Å². The molecule has 23 heavy (non-hydrogen) atoms. The van der Waals surface area contributed by atoms with Crippen LogP contribution in [0.4, 0.5) is 0 Å². The highest BCUT2D eigenvalue weighted by Crippen LogP contribution is 2.31. The Hall–Kier alpha value is -1.27. The molecule has 118 valence electrons. The summed E-state index contributed by atoms with van der Waals surface area (Å²) in [6, 6.07) is 7.54. The number of hydrogen-bond donors (Lipinski definition) is 1. The predicted octanol–water partition coefficient (Wildman–Crippen LogP) is 4.89.